The number of ether oxygens (including phenoxy) is 2. The molecule has 1 aliphatic rings. The maximum Gasteiger partial charge on any atom is 0.210 e. The third-order valence-electron chi connectivity index (χ3n) is 4.22. The number of hydrogen-bond acceptors (Lipinski definition) is 8. The molecule has 25 heavy (non-hydrogen) atoms. The molecule has 2 heterocycles. The van der Waals surface area contributed by atoms with Gasteiger partial charge in [-0.1, -0.05) is 23.5 Å². The Labute approximate surface area is 151 Å². The predicted molar refractivity (Wildman–Crippen MR) is 97.3 cm³/mol. The first-order valence-electron chi connectivity index (χ1n) is 8.37. The Hall–Kier alpha value is -1.58. The van der Waals surface area contributed by atoms with E-state index in [1.165, 1.54) is 11.3 Å². The fourth-order valence-corrected chi connectivity index (χ4v) is 3.39. The van der Waals surface area contributed by atoms with Crippen molar-refractivity contribution in [1.29, 1.82) is 0 Å². The van der Waals surface area contributed by atoms with Crippen LogP contribution in [0.5, 0.6) is 0 Å². The summed E-state index contributed by atoms with van der Waals surface area (Å²) in [6.07, 6.45) is -0.561. The van der Waals surface area contributed by atoms with E-state index >= 15 is 0 Å². The maximum absolute atomic E-state index is 10.4. The fourth-order valence-electron chi connectivity index (χ4n) is 2.60. The smallest absolute Gasteiger partial charge is 0.210 e. The Morgan fingerprint density at radius 1 is 1.28 bits per heavy atom. The van der Waals surface area contributed by atoms with E-state index in [2.05, 4.69) is 20.4 Å². The normalized spacial score (nSPS) is 18.0. The first-order chi connectivity index (χ1) is 12.2. The molecule has 2 unspecified atom stereocenters. The van der Waals surface area contributed by atoms with Crippen LogP contribution in [0.3, 0.4) is 0 Å². The number of rotatable bonds is 7. The Kier molecular flexibility index (Phi) is 6.33. The first-order valence-corrected chi connectivity index (χ1v) is 9.18. The molecule has 1 saturated heterocycles. The summed E-state index contributed by atoms with van der Waals surface area (Å²) in [7, 11) is 1.65. The molecule has 2 N–H and O–H groups in total. The van der Waals surface area contributed by atoms with Gasteiger partial charge in [0.2, 0.25) is 5.13 Å². The van der Waals surface area contributed by atoms with Gasteiger partial charge in [0.25, 0.3) is 0 Å². The number of aromatic nitrogens is 2. The van der Waals surface area contributed by atoms with Gasteiger partial charge in [-0.15, -0.1) is 10.2 Å². The molecule has 136 valence electrons. The van der Waals surface area contributed by atoms with Crippen molar-refractivity contribution in [2.45, 2.75) is 19.1 Å². The molecule has 1 aliphatic heterocycles. The summed E-state index contributed by atoms with van der Waals surface area (Å²) in [5.41, 5.74) is 1.82. The van der Waals surface area contributed by atoms with Crippen molar-refractivity contribution in [3.8, 4) is 0 Å². The summed E-state index contributed by atoms with van der Waals surface area (Å²) in [5, 5.41) is 23.4. The second-order valence-electron chi connectivity index (χ2n) is 6.00. The zero-order valence-corrected chi connectivity index (χ0v) is 15.3. The number of β-amino-alcohol motifs (C(OH)–C–C–N with tert-alkyl or cyclic N) is 1. The summed E-state index contributed by atoms with van der Waals surface area (Å²) in [4.78, 5) is 2.22. The lowest BCUT2D eigenvalue weighted by molar-refractivity contribution is 0.0143. The second-order valence-corrected chi connectivity index (χ2v) is 7.01. The van der Waals surface area contributed by atoms with Crippen molar-refractivity contribution in [1.82, 2.24) is 15.1 Å². The van der Waals surface area contributed by atoms with Gasteiger partial charge >= 0.3 is 0 Å². The van der Waals surface area contributed by atoms with Gasteiger partial charge in [0.1, 0.15) is 11.1 Å². The average molecular weight is 364 g/mol. The third kappa shape index (κ3) is 4.96. The molecule has 2 atom stereocenters. The molecule has 3 rings (SSSR count). The van der Waals surface area contributed by atoms with Gasteiger partial charge in [0.15, 0.2) is 0 Å². The molecule has 0 radical (unpaired) electrons. The van der Waals surface area contributed by atoms with Crippen LogP contribution in [0, 0.1) is 0 Å². The summed E-state index contributed by atoms with van der Waals surface area (Å²) in [5.74, 6) is 0. The summed E-state index contributed by atoms with van der Waals surface area (Å²) >= 11 is 1.47. The first kappa shape index (κ1) is 18.2. The predicted octanol–water partition coefficient (Wildman–Crippen LogP) is 2.35. The molecule has 7 nitrogen and oxygen atoms in total. The van der Waals surface area contributed by atoms with Crippen LogP contribution in [0.2, 0.25) is 0 Å². The van der Waals surface area contributed by atoms with E-state index in [0.29, 0.717) is 6.54 Å². The summed E-state index contributed by atoms with van der Waals surface area (Å²) < 4.78 is 10.6. The molecule has 0 aliphatic carbocycles. The average Bonchev–Trinajstić information content (AvgIpc) is 3.11. The van der Waals surface area contributed by atoms with E-state index in [-0.39, 0.29) is 6.10 Å². The van der Waals surface area contributed by atoms with Gasteiger partial charge < -0.3 is 19.9 Å². The van der Waals surface area contributed by atoms with Gasteiger partial charge in [-0.3, -0.25) is 4.90 Å². The Morgan fingerprint density at radius 3 is 2.68 bits per heavy atom. The van der Waals surface area contributed by atoms with Crippen LogP contribution in [0.25, 0.3) is 0 Å². The maximum atomic E-state index is 10.4. The number of nitrogens with one attached hydrogen (secondary N) is 1. The van der Waals surface area contributed by atoms with Crippen molar-refractivity contribution in [2.24, 2.45) is 0 Å². The monoisotopic (exact) mass is 364 g/mol. The lowest BCUT2D eigenvalue weighted by atomic mass is 10.1. The van der Waals surface area contributed by atoms with E-state index in [1.54, 1.807) is 7.11 Å². The Bertz CT molecular complexity index is 658. The van der Waals surface area contributed by atoms with E-state index < -0.39 is 6.10 Å². The number of benzene rings is 1. The molecule has 1 aromatic carbocycles. The molecule has 1 fully saturated rings. The molecule has 0 bridgehead atoms. The van der Waals surface area contributed by atoms with Crippen LogP contribution in [-0.2, 0) is 9.47 Å². The molecule has 1 aromatic heterocycles. The minimum Gasteiger partial charge on any atom is -0.387 e. The highest BCUT2D eigenvalue weighted by atomic mass is 32.1. The molecule has 0 spiro atoms. The number of nitrogens with zero attached hydrogens (tertiary/aromatic N) is 3. The lowest BCUT2D eigenvalue weighted by Gasteiger charge is -2.28. The standard InChI is InChI=1S/C17H24N4O3S/c1-12(23-2)16-19-20-17(25-16)18-14-5-3-13(4-6-14)15(22)11-21-7-9-24-10-8-21/h3-6,12,15,22H,7-11H2,1-2H3,(H,18,20). The lowest BCUT2D eigenvalue weighted by Crippen LogP contribution is -2.38. The van der Waals surface area contributed by atoms with E-state index in [9.17, 15) is 5.11 Å². The van der Waals surface area contributed by atoms with Gasteiger partial charge in [0.05, 0.1) is 19.3 Å². The highest BCUT2D eigenvalue weighted by Crippen LogP contribution is 2.26. The molecule has 8 heteroatoms. The van der Waals surface area contributed by atoms with Crippen LogP contribution in [0.4, 0.5) is 10.8 Å². The van der Waals surface area contributed by atoms with Crippen molar-refractivity contribution in [3.63, 3.8) is 0 Å². The van der Waals surface area contributed by atoms with Gasteiger partial charge in [-0.25, -0.2) is 0 Å². The van der Waals surface area contributed by atoms with E-state index in [4.69, 9.17) is 9.47 Å². The second kappa shape index (κ2) is 8.68. The van der Waals surface area contributed by atoms with Crippen molar-refractivity contribution < 1.29 is 14.6 Å². The molecule has 2 aromatic rings. The fraction of sp³-hybridized carbons (Fsp3) is 0.529. The van der Waals surface area contributed by atoms with Crippen LogP contribution in [0.15, 0.2) is 24.3 Å². The zero-order valence-electron chi connectivity index (χ0n) is 14.5. The number of hydrogen-bond donors (Lipinski definition) is 2. The number of methoxy groups -OCH3 is 1. The van der Waals surface area contributed by atoms with Crippen molar-refractivity contribution >= 4 is 22.2 Å². The zero-order chi connectivity index (χ0) is 17.6. The van der Waals surface area contributed by atoms with Crippen LogP contribution < -0.4 is 5.32 Å². The summed E-state index contributed by atoms with van der Waals surface area (Å²) in [6, 6.07) is 7.76. The quantitative estimate of drug-likeness (QED) is 0.781. The Balaban J connectivity index is 1.57. The van der Waals surface area contributed by atoms with E-state index in [1.807, 2.05) is 31.2 Å². The minimum absolute atomic E-state index is 0.0641. The van der Waals surface area contributed by atoms with Gasteiger partial charge in [-0.05, 0) is 24.6 Å². The SMILES string of the molecule is COC(C)c1nnc(Nc2ccc(C(O)CN3CCOCC3)cc2)s1. The highest BCUT2D eigenvalue weighted by Gasteiger charge is 2.16. The number of aliphatic hydroxyl groups excluding tert-OH is 1. The largest absolute Gasteiger partial charge is 0.387 e. The minimum atomic E-state index is -0.497. The number of anilines is 2. The van der Waals surface area contributed by atoms with Crippen LogP contribution in [-0.4, -0.2) is 60.2 Å². The summed E-state index contributed by atoms with van der Waals surface area (Å²) in [6.45, 7) is 5.79. The molecular formula is C17H24N4O3S. The topological polar surface area (TPSA) is 79.7 Å². The van der Waals surface area contributed by atoms with Crippen molar-refractivity contribution in [2.75, 3.05) is 45.3 Å². The number of morpholine rings is 1. The number of aliphatic hydroxyl groups is 1. The van der Waals surface area contributed by atoms with Gasteiger partial charge in [0, 0.05) is 32.4 Å². The van der Waals surface area contributed by atoms with Crippen molar-refractivity contribution in [3.05, 3.63) is 34.8 Å². The van der Waals surface area contributed by atoms with Gasteiger partial charge in [-0.2, -0.15) is 0 Å². The van der Waals surface area contributed by atoms with E-state index in [0.717, 1.165) is 47.7 Å². The third-order valence-corrected chi connectivity index (χ3v) is 5.22. The highest BCUT2D eigenvalue weighted by molar-refractivity contribution is 7.15. The Morgan fingerprint density at radius 2 is 2.00 bits per heavy atom. The van der Waals surface area contributed by atoms with Crippen LogP contribution in [0.1, 0.15) is 29.7 Å². The van der Waals surface area contributed by atoms with Crippen LogP contribution >= 0.6 is 11.3 Å². The molecule has 0 amide bonds. The molecular weight excluding hydrogens is 340 g/mol. The molecule has 0 saturated carbocycles.